The van der Waals surface area contributed by atoms with E-state index in [1.54, 1.807) is 11.3 Å². The number of aromatic nitrogens is 1. The zero-order chi connectivity index (χ0) is 12.1. The maximum absolute atomic E-state index is 9.60. The van der Waals surface area contributed by atoms with Crippen LogP contribution in [-0.4, -0.2) is 33.7 Å². The first-order chi connectivity index (χ1) is 8.25. The van der Waals surface area contributed by atoms with E-state index in [0.29, 0.717) is 6.04 Å². The van der Waals surface area contributed by atoms with Crippen molar-refractivity contribution in [2.75, 3.05) is 6.54 Å². The Labute approximate surface area is 107 Å². The number of thiazole rings is 1. The Morgan fingerprint density at radius 1 is 1.53 bits per heavy atom. The second-order valence-corrected chi connectivity index (χ2v) is 6.00. The first kappa shape index (κ1) is 13.0. The van der Waals surface area contributed by atoms with Crippen molar-refractivity contribution in [1.82, 2.24) is 9.88 Å². The van der Waals surface area contributed by atoms with Gasteiger partial charge < -0.3 is 5.11 Å². The highest BCUT2D eigenvalue weighted by Gasteiger charge is 2.22. The van der Waals surface area contributed by atoms with Gasteiger partial charge in [0.15, 0.2) is 0 Å². The number of aliphatic hydroxyl groups is 1. The van der Waals surface area contributed by atoms with E-state index >= 15 is 0 Å². The molecule has 0 aromatic carbocycles. The van der Waals surface area contributed by atoms with Gasteiger partial charge >= 0.3 is 0 Å². The smallest absolute Gasteiger partial charge is 0.0794 e. The number of aliphatic hydroxyl groups excluding tert-OH is 1. The molecule has 0 saturated carbocycles. The molecule has 0 aliphatic carbocycles. The lowest BCUT2D eigenvalue weighted by atomic mass is 10.0. The number of hydrogen-bond donors (Lipinski definition) is 1. The topological polar surface area (TPSA) is 36.4 Å². The van der Waals surface area contributed by atoms with Crippen LogP contribution < -0.4 is 0 Å². The predicted octanol–water partition coefficient (Wildman–Crippen LogP) is 2.66. The Bertz CT molecular complexity index is 313. The van der Waals surface area contributed by atoms with Crippen LogP contribution in [0, 0.1) is 0 Å². The van der Waals surface area contributed by atoms with Gasteiger partial charge in [-0.15, -0.1) is 11.3 Å². The molecule has 0 amide bonds. The van der Waals surface area contributed by atoms with Gasteiger partial charge in [0.1, 0.15) is 0 Å². The lowest BCUT2D eigenvalue weighted by Crippen LogP contribution is -2.36. The molecular formula is C13H22N2OS. The third-order valence-electron chi connectivity index (χ3n) is 3.45. The molecule has 4 heteroatoms. The number of likely N-dealkylation sites (tertiary alicyclic amines) is 1. The fourth-order valence-corrected chi connectivity index (χ4v) is 3.25. The summed E-state index contributed by atoms with van der Waals surface area (Å²) >= 11 is 1.73. The van der Waals surface area contributed by atoms with Crippen LogP contribution >= 0.6 is 11.3 Å². The van der Waals surface area contributed by atoms with E-state index in [4.69, 9.17) is 0 Å². The maximum Gasteiger partial charge on any atom is 0.0794 e. The van der Waals surface area contributed by atoms with Gasteiger partial charge in [0.25, 0.3) is 0 Å². The SMILES string of the molecule is CC(O)CC1CCCCCN1Cc1cncs1. The Morgan fingerprint density at radius 3 is 3.12 bits per heavy atom. The fraction of sp³-hybridized carbons (Fsp3) is 0.769. The monoisotopic (exact) mass is 254 g/mol. The minimum absolute atomic E-state index is 0.193. The standard InChI is InChI=1S/C13H22N2OS/c1-11(16)7-12-5-3-2-4-6-15(12)9-13-8-14-10-17-13/h8,10-12,16H,2-7,9H2,1H3. The highest BCUT2D eigenvalue weighted by atomic mass is 32.1. The van der Waals surface area contributed by atoms with Crippen molar-refractivity contribution in [2.24, 2.45) is 0 Å². The zero-order valence-corrected chi connectivity index (χ0v) is 11.3. The third kappa shape index (κ3) is 4.05. The average molecular weight is 254 g/mol. The Balaban J connectivity index is 1.98. The van der Waals surface area contributed by atoms with Crippen molar-refractivity contribution in [1.29, 1.82) is 0 Å². The molecule has 17 heavy (non-hydrogen) atoms. The third-order valence-corrected chi connectivity index (χ3v) is 4.22. The molecule has 1 saturated heterocycles. The summed E-state index contributed by atoms with van der Waals surface area (Å²) in [5, 5.41) is 9.60. The molecule has 0 radical (unpaired) electrons. The molecule has 1 N–H and O–H groups in total. The summed E-state index contributed by atoms with van der Waals surface area (Å²) in [6, 6.07) is 0.541. The van der Waals surface area contributed by atoms with Crippen LogP contribution in [0.15, 0.2) is 11.7 Å². The molecule has 2 rings (SSSR count). The van der Waals surface area contributed by atoms with E-state index in [1.165, 1.54) is 30.6 Å². The minimum atomic E-state index is -0.193. The van der Waals surface area contributed by atoms with E-state index in [-0.39, 0.29) is 6.10 Å². The van der Waals surface area contributed by atoms with Crippen molar-refractivity contribution in [3.63, 3.8) is 0 Å². The second kappa shape index (κ2) is 6.47. The van der Waals surface area contributed by atoms with Gasteiger partial charge in [-0.2, -0.15) is 0 Å². The fourth-order valence-electron chi connectivity index (χ4n) is 2.63. The predicted molar refractivity (Wildman–Crippen MR) is 71.1 cm³/mol. The highest BCUT2D eigenvalue weighted by molar-refractivity contribution is 7.09. The van der Waals surface area contributed by atoms with Gasteiger partial charge in [0, 0.05) is 23.7 Å². The maximum atomic E-state index is 9.60. The summed E-state index contributed by atoms with van der Waals surface area (Å²) in [5.74, 6) is 0. The van der Waals surface area contributed by atoms with Crippen molar-refractivity contribution >= 4 is 11.3 Å². The van der Waals surface area contributed by atoms with Crippen LogP contribution in [-0.2, 0) is 6.54 Å². The van der Waals surface area contributed by atoms with Crippen molar-refractivity contribution < 1.29 is 5.11 Å². The van der Waals surface area contributed by atoms with Crippen molar-refractivity contribution in [3.05, 3.63) is 16.6 Å². The first-order valence-electron chi connectivity index (χ1n) is 6.55. The molecule has 2 atom stereocenters. The van der Waals surface area contributed by atoms with Crippen molar-refractivity contribution in [2.45, 2.75) is 57.7 Å². The minimum Gasteiger partial charge on any atom is -0.393 e. The van der Waals surface area contributed by atoms with Crippen LogP contribution in [0.2, 0.25) is 0 Å². The van der Waals surface area contributed by atoms with Crippen LogP contribution in [0.4, 0.5) is 0 Å². The Kier molecular flexibility index (Phi) is 4.95. The first-order valence-corrected chi connectivity index (χ1v) is 7.43. The Morgan fingerprint density at radius 2 is 2.41 bits per heavy atom. The molecule has 1 aliphatic rings. The summed E-state index contributed by atoms with van der Waals surface area (Å²) in [4.78, 5) is 8.01. The number of rotatable bonds is 4. The van der Waals surface area contributed by atoms with Crippen LogP contribution in [0.1, 0.15) is 43.9 Å². The van der Waals surface area contributed by atoms with E-state index in [1.807, 2.05) is 18.6 Å². The molecule has 1 aromatic rings. The van der Waals surface area contributed by atoms with Gasteiger partial charge in [0.05, 0.1) is 11.6 Å². The molecule has 3 nitrogen and oxygen atoms in total. The Hall–Kier alpha value is -0.450. The van der Waals surface area contributed by atoms with Gasteiger partial charge in [-0.1, -0.05) is 12.8 Å². The molecule has 2 unspecified atom stereocenters. The molecule has 96 valence electrons. The van der Waals surface area contributed by atoms with Crippen LogP contribution in [0.3, 0.4) is 0 Å². The van der Waals surface area contributed by atoms with Gasteiger partial charge in [-0.05, 0) is 32.7 Å². The van der Waals surface area contributed by atoms with Crippen LogP contribution in [0.25, 0.3) is 0 Å². The molecular weight excluding hydrogens is 232 g/mol. The molecule has 1 aromatic heterocycles. The lowest BCUT2D eigenvalue weighted by molar-refractivity contribution is 0.109. The second-order valence-electron chi connectivity index (χ2n) is 5.03. The van der Waals surface area contributed by atoms with Gasteiger partial charge in [-0.3, -0.25) is 9.88 Å². The summed E-state index contributed by atoms with van der Waals surface area (Å²) in [5.41, 5.74) is 1.90. The van der Waals surface area contributed by atoms with E-state index in [9.17, 15) is 5.11 Å². The average Bonchev–Trinajstić information content (AvgIpc) is 2.69. The molecule has 0 bridgehead atoms. The van der Waals surface area contributed by atoms with Crippen LogP contribution in [0.5, 0.6) is 0 Å². The van der Waals surface area contributed by atoms with Crippen molar-refractivity contribution in [3.8, 4) is 0 Å². The highest BCUT2D eigenvalue weighted by Crippen LogP contribution is 2.23. The molecule has 1 aliphatic heterocycles. The summed E-state index contributed by atoms with van der Waals surface area (Å²) in [7, 11) is 0. The lowest BCUT2D eigenvalue weighted by Gasteiger charge is -2.30. The van der Waals surface area contributed by atoms with Gasteiger partial charge in [0.2, 0.25) is 0 Å². The number of hydrogen-bond acceptors (Lipinski definition) is 4. The zero-order valence-electron chi connectivity index (χ0n) is 10.5. The van der Waals surface area contributed by atoms with E-state index in [0.717, 1.165) is 19.5 Å². The quantitative estimate of drug-likeness (QED) is 0.897. The molecule has 1 fully saturated rings. The normalized spacial score (nSPS) is 24.5. The molecule has 0 spiro atoms. The van der Waals surface area contributed by atoms with E-state index in [2.05, 4.69) is 9.88 Å². The largest absolute Gasteiger partial charge is 0.393 e. The molecule has 2 heterocycles. The summed E-state index contributed by atoms with van der Waals surface area (Å²) in [6.45, 7) is 4.06. The van der Waals surface area contributed by atoms with E-state index < -0.39 is 0 Å². The van der Waals surface area contributed by atoms with Gasteiger partial charge in [-0.25, -0.2) is 0 Å². The summed E-state index contributed by atoms with van der Waals surface area (Å²) < 4.78 is 0. The number of nitrogens with zero attached hydrogens (tertiary/aromatic N) is 2. The summed E-state index contributed by atoms with van der Waals surface area (Å²) in [6.07, 6.45) is 7.82.